The fraction of sp³-hybridized carbons (Fsp3) is 0.538. The van der Waals surface area contributed by atoms with Gasteiger partial charge in [0.15, 0.2) is 0 Å². The van der Waals surface area contributed by atoms with Gasteiger partial charge in [-0.05, 0) is 25.3 Å². The Hall–Kier alpha value is -1.51. The molecule has 0 radical (unpaired) electrons. The molecule has 0 unspecified atom stereocenters. The first-order valence-electron chi connectivity index (χ1n) is 6.77. The van der Waals surface area contributed by atoms with Gasteiger partial charge in [0.1, 0.15) is 0 Å². The average molecular weight is 314 g/mol. The SMILES string of the molecule is Cc1ccc([N+](=O)[O-])cc1S(=O)(=O)N[C@@H]1CCCC[C@H]1O. The van der Waals surface area contributed by atoms with Crippen molar-refractivity contribution in [3.8, 4) is 0 Å². The van der Waals surface area contributed by atoms with Crippen molar-refractivity contribution in [3.05, 3.63) is 33.9 Å². The maximum absolute atomic E-state index is 12.4. The molecule has 1 aromatic rings. The molecule has 2 atom stereocenters. The fourth-order valence-electron chi connectivity index (χ4n) is 2.50. The van der Waals surface area contributed by atoms with E-state index in [0.717, 1.165) is 18.9 Å². The molecular weight excluding hydrogens is 296 g/mol. The predicted octanol–water partition coefficient (Wildman–Crippen LogP) is 1.49. The van der Waals surface area contributed by atoms with E-state index in [0.29, 0.717) is 18.4 Å². The molecule has 0 bridgehead atoms. The van der Waals surface area contributed by atoms with E-state index < -0.39 is 27.1 Å². The zero-order valence-electron chi connectivity index (χ0n) is 11.7. The number of rotatable bonds is 4. The molecule has 7 nitrogen and oxygen atoms in total. The third-order valence-corrected chi connectivity index (χ3v) is 5.34. The van der Waals surface area contributed by atoms with Crippen LogP contribution in [0.2, 0.25) is 0 Å². The largest absolute Gasteiger partial charge is 0.391 e. The molecule has 0 saturated heterocycles. The number of aliphatic hydroxyl groups is 1. The summed E-state index contributed by atoms with van der Waals surface area (Å²) in [4.78, 5) is 10.0. The van der Waals surface area contributed by atoms with Gasteiger partial charge >= 0.3 is 0 Å². The van der Waals surface area contributed by atoms with E-state index >= 15 is 0 Å². The van der Waals surface area contributed by atoms with Crippen LogP contribution >= 0.6 is 0 Å². The van der Waals surface area contributed by atoms with E-state index in [1.165, 1.54) is 12.1 Å². The molecule has 1 saturated carbocycles. The number of nitrogens with zero attached hydrogens (tertiary/aromatic N) is 1. The second-order valence-corrected chi connectivity index (χ2v) is 6.97. The molecule has 8 heteroatoms. The van der Waals surface area contributed by atoms with Crippen LogP contribution in [0, 0.1) is 17.0 Å². The summed E-state index contributed by atoms with van der Waals surface area (Å²) >= 11 is 0. The molecule has 0 amide bonds. The van der Waals surface area contributed by atoms with Gasteiger partial charge in [0.05, 0.1) is 15.9 Å². The smallest absolute Gasteiger partial charge is 0.270 e. The molecule has 21 heavy (non-hydrogen) atoms. The first-order chi connectivity index (χ1) is 9.81. The van der Waals surface area contributed by atoms with Crippen LogP contribution in [0.5, 0.6) is 0 Å². The van der Waals surface area contributed by atoms with Gasteiger partial charge in [-0.2, -0.15) is 0 Å². The zero-order chi connectivity index (χ0) is 15.6. The first-order valence-corrected chi connectivity index (χ1v) is 8.25. The van der Waals surface area contributed by atoms with E-state index in [-0.39, 0.29) is 10.6 Å². The minimum absolute atomic E-state index is 0.116. The van der Waals surface area contributed by atoms with Crippen molar-refractivity contribution in [1.29, 1.82) is 0 Å². The third kappa shape index (κ3) is 3.58. The standard InChI is InChI=1S/C13H18N2O5S/c1-9-6-7-10(15(17)18)8-13(9)21(19,20)14-11-4-2-3-5-12(11)16/h6-8,11-12,14,16H,2-5H2,1H3/t11-,12-/m1/s1. The minimum Gasteiger partial charge on any atom is -0.391 e. The molecule has 0 heterocycles. The predicted molar refractivity (Wildman–Crippen MR) is 76.4 cm³/mol. The summed E-state index contributed by atoms with van der Waals surface area (Å²) < 4.78 is 27.3. The van der Waals surface area contributed by atoms with Crippen molar-refractivity contribution >= 4 is 15.7 Å². The summed E-state index contributed by atoms with van der Waals surface area (Å²) in [6, 6.07) is 3.18. The van der Waals surface area contributed by atoms with Crippen LogP contribution in [-0.4, -0.2) is 30.6 Å². The number of aryl methyl sites for hydroxylation is 1. The summed E-state index contributed by atoms with van der Waals surface area (Å²) in [5, 5.41) is 20.6. The molecule has 1 fully saturated rings. The Morgan fingerprint density at radius 3 is 2.62 bits per heavy atom. The topological polar surface area (TPSA) is 110 Å². The van der Waals surface area contributed by atoms with Crippen LogP contribution in [-0.2, 0) is 10.0 Å². The minimum atomic E-state index is -3.89. The van der Waals surface area contributed by atoms with Crippen molar-refractivity contribution in [2.75, 3.05) is 0 Å². The maximum atomic E-state index is 12.4. The highest BCUT2D eigenvalue weighted by atomic mass is 32.2. The van der Waals surface area contributed by atoms with Crippen molar-refractivity contribution < 1.29 is 18.4 Å². The van der Waals surface area contributed by atoms with Crippen LogP contribution in [0.1, 0.15) is 31.2 Å². The molecule has 0 aliphatic heterocycles. The molecule has 0 aromatic heterocycles. The number of sulfonamides is 1. The van der Waals surface area contributed by atoms with Crippen molar-refractivity contribution in [2.24, 2.45) is 0 Å². The van der Waals surface area contributed by atoms with Gasteiger partial charge < -0.3 is 5.11 Å². The Bertz CT molecular complexity index is 644. The maximum Gasteiger partial charge on any atom is 0.270 e. The van der Waals surface area contributed by atoms with Gasteiger partial charge in [-0.15, -0.1) is 0 Å². The Kier molecular flexibility index (Phi) is 4.60. The highest BCUT2D eigenvalue weighted by Gasteiger charge is 2.29. The second kappa shape index (κ2) is 6.08. The van der Waals surface area contributed by atoms with Crippen LogP contribution in [0.3, 0.4) is 0 Å². The van der Waals surface area contributed by atoms with Crippen molar-refractivity contribution in [2.45, 2.75) is 49.6 Å². The van der Waals surface area contributed by atoms with Crippen LogP contribution in [0.25, 0.3) is 0 Å². The van der Waals surface area contributed by atoms with Crippen LogP contribution in [0.4, 0.5) is 5.69 Å². The van der Waals surface area contributed by atoms with Gasteiger partial charge in [-0.1, -0.05) is 18.9 Å². The van der Waals surface area contributed by atoms with Crippen molar-refractivity contribution in [3.63, 3.8) is 0 Å². The summed E-state index contributed by atoms with van der Waals surface area (Å²) in [6.45, 7) is 1.58. The lowest BCUT2D eigenvalue weighted by Crippen LogP contribution is -2.45. The van der Waals surface area contributed by atoms with Crippen LogP contribution < -0.4 is 4.72 Å². The molecule has 2 N–H and O–H groups in total. The lowest BCUT2D eigenvalue weighted by molar-refractivity contribution is -0.385. The fourth-order valence-corrected chi connectivity index (χ4v) is 4.07. The number of benzene rings is 1. The molecule has 2 rings (SSSR count). The van der Waals surface area contributed by atoms with E-state index in [9.17, 15) is 23.6 Å². The Morgan fingerprint density at radius 2 is 2.00 bits per heavy atom. The van der Waals surface area contributed by atoms with Gasteiger partial charge in [-0.3, -0.25) is 10.1 Å². The van der Waals surface area contributed by atoms with Gasteiger partial charge in [0.25, 0.3) is 5.69 Å². The molecular formula is C13H18N2O5S. The van der Waals surface area contributed by atoms with E-state index in [2.05, 4.69) is 4.72 Å². The monoisotopic (exact) mass is 314 g/mol. The number of hydrogen-bond donors (Lipinski definition) is 2. The highest BCUT2D eigenvalue weighted by molar-refractivity contribution is 7.89. The summed E-state index contributed by atoms with van der Waals surface area (Å²) in [7, 11) is -3.89. The number of non-ortho nitro benzene ring substituents is 1. The first kappa shape index (κ1) is 15.9. The average Bonchev–Trinajstić information content (AvgIpc) is 2.41. The normalized spacial score (nSPS) is 23.0. The summed E-state index contributed by atoms with van der Waals surface area (Å²) in [5.74, 6) is 0. The van der Waals surface area contributed by atoms with Gasteiger partial charge in [-0.25, -0.2) is 13.1 Å². The van der Waals surface area contributed by atoms with E-state index in [4.69, 9.17) is 0 Å². The molecule has 1 aromatic carbocycles. The van der Waals surface area contributed by atoms with Gasteiger partial charge in [0, 0.05) is 18.2 Å². The second-order valence-electron chi connectivity index (χ2n) is 5.29. The number of aliphatic hydroxyl groups excluding tert-OH is 1. The van der Waals surface area contributed by atoms with E-state index in [1.54, 1.807) is 6.92 Å². The zero-order valence-corrected chi connectivity index (χ0v) is 12.5. The third-order valence-electron chi connectivity index (χ3n) is 3.71. The van der Waals surface area contributed by atoms with Gasteiger partial charge in [0.2, 0.25) is 10.0 Å². The molecule has 1 aliphatic carbocycles. The molecule has 116 valence electrons. The van der Waals surface area contributed by atoms with Crippen molar-refractivity contribution in [1.82, 2.24) is 4.72 Å². The van der Waals surface area contributed by atoms with Crippen LogP contribution in [0.15, 0.2) is 23.1 Å². The highest BCUT2D eigenvalue weighted by Crippen LogP contribution is 2.24. The number of hydrogen-bond acceptors (Lipinski definition) is 5. The number of nitro groups is 1. The Morgan fingerprint density at radius 1 is 1.33 bits per heavy atom. The lowest BCUT2D eigenvalue weighted by Gasteiger charge is -2.28. The number of nitro benzene ring substituents is 1. The summed E-state index contributed by atoms with van der Waals surface area (Å²) in [5.41, 5.74) is 0.156. The molecule has 1 aliphatic rings. The quantitative estimate of drug-likeness (QED) is 0.646. The molecule has 0 spiro atoms. The Labute approximate surface area is 123 Å². The van der Waals surface area contributed by atoms with E-state index in [1.807, 2.05) is 0 Å². The lowest BCUT2D eigenvalue weighted by atomic mass is 9.93. The number of nitrogens with one attached hydrogen (secondary N) is 1. The summed E-state index contributed by atoms with van der Waals surface area (Å²) in [6.07, 6.45) is 2.12. The Balaban J connectivity index is 2.30.